The van der Waals surface area contributed by atoms with E-state index in [1.165, 1.54) is 5.56 Å². The topological polar surface area (TPSA) is 65.5 Å². The first kappa shape index (κ1) is 24.8. The van der Waals surface area contributed by atoms with Gasteiger partial charge in [-0.2, -0.15) is 0 Å². The second kappa shape index (κ2) is 11.4. The number of rotatable bonds is 10. The molecule has 0 radical (unpaired) electrons. The second-order valence-corrected chi connectivity index (χ2v) is 10.7. The summed E-state index contributed by atoms with van der Waals surface area (Å²) < 4.78 is 0. The standard InChI is InChI=1S/C26H42N4O2/c1-20(2)14-24-25(32)30(13-10-28-24)26(19-31,16-21(3)4)18-29-11-7-22(8-12-29)15-23-6-5-9-27-17-23/h5-6,9,17,19-22,24,28H,7-8,10-16,18H2,1-4H3/t24-,26+/m0/s1. The third-order valence-corrected chi connectivity index (χ3v) is 6.97. The number of aromatic nitrogens is 1. The van der Waals surface area contributed by atoms with E-state index in [-0.39, 0.29) is 11.9 Å². The summed E-state index contributed by atoms with van der Waals surface area (Å²) in [7, 11) is 0. The fraction of sp³-hybridized carbons (Fsp3) is 0.731. The van der Waals surface area contributed by atoms with Gasteiger partial charge in [0.25, 0.3) is 0 Å². The first-order valence-electron chi connectivity index (χ1n) is 12.5. The highest BCUT2D eigenvalue weighted by Gasteiger charge is 2.45. The van der Waals surface area contributed by atoms with E-state index >= 15 is 0 Å². The number of hydrogen-bond acceptors (Lipinski definition) is 5. The van der Waals surface area contributed by atoms with Crippen molar-refractivity contribution in [1.29, 1.82) is 0 Å². The van der Waals surface area contributed by atoms with E-state index in [0.29, 0.717) is 37.3 Å². The lowest BCUT2D eigenvalue weighted by atomic mass is 9.84. The van der Waals surface area contributed by atoms with Gasteiger partial charge in [0, 0.05) is 32.0 Å². The highest BCUT2D eigenvalue weighted by molar-refractivity contribution is 5.87. The molecular weight excluding hydrogens is 400 g/mol. The van der Waals surface area contributed by atoms with Gasteiger partial charge in [-0.15, -0.1) is 0 Å². The number of likely N-dealkylation sites (tertiary alicyclic amines) is 1. The Hall–Kier alpha value is -1.79. The first-order valence-corrected chi connectivity index (χ1v) is 12.5. The van der Waals surface area contributed by atoms with Gasteiger partial charge in [-0.25, -0.2) is 0 Å². The van der Waals surface area contributed by atoms with Crippen LogP contribution in [0, 0.1) is 17.8 Å². The molecule has 2 aliphatic heterocycles. The lowest BCUT2D eigenvalue weighted by Crippen LogP contribution is -2.67. The fourth-order valence-electron chi connectivity index (χ4n) is 5.54. The van der Waals surface area contributed by atoms with Gasteiger partial charge in [0.2, 0.25) is 5.91 Å². The Morgan fingerprint density at radius 3 is 2.53 bits per heavy atom. The Morgan fingerprint density at radius 1 is 1.19 bits per heavy atom. The van der Waals surface area contributed by atoms with Gasteiger partial charge in [0.15, 0.2) is 0 Å². The molecule has 1 N–H and O–H groups in total. The van der Waals surface area contributed by atoms with Gasteiger partial charge in [-0.1, -0.05) is 33.8 Å². The molecule has 178 valence electrons. The smallest absolute Gasteiger partial charge is 0.240 e. The van der Waals surface area contributed by atoms with Gasteiger partial charge in [0.1, 0.15) is 11.8 Å². The van der Waals surface area contributed by atoms with Crippen molar-refractivity contribution in [2.75, 3.05) is 32.7 Å². The Labute approximate surface area is 194 Å². The first-order chi connectivity index (χ1) is 15.3. The maximum absolute atomic E-state index is 13.4. The molecule has 2 saturated heterocycles. The summed E-state index contributed by atoms with van der Waals surface area (Å²) in [6.45, 7) is 12.6. The molecule has 1 aromatic rings. The van der Waals surface area contributed by atoms with Crippen LogP contribution in [0.2, 0.25) is 0 Å². The van der Waals surface area contributed by atoms with Crippen LogP contribution in [0.3, 0.4) is 0 Å². The van der Waals surface area contributed by atoms with Gasteiger partial charge in [-0.3, -0.25) is 9.78 Å². The Bertz CT molecular complexity index is 731. The number of carbonyl (C=O) groups excluding carboxylic acids is 2. The van der Waals surface area contributed by atoms with Crippen molar-refractivity contribution in [1.82, 2.24) is 20.1 Å². The third-order valence-electron chi connectivity index (χ3n) is 6.97. The molecule has 2 aliphatic rings. The predicted octanol–water partition coefficient (Wildman–Crippen LogP) is 3.17. The lowest BCUT2D eigenvalue weighted by molar-refractivity contribution is -0.149. The summed E-state index contributed by atoms with van der Waals surface area (Å²) in [6.07, 6.45) is 9.72. The largest absolute Gasteiger partial charge is 0.326 e. The molecule has 32 heavy (non-hydrogen) atoms. The molecule has 6 heteroatoms. The number of piperidine rings is 1. The van der Waals surface area contributed by atoms with E-state index < -0.39 is 5.54 Å². The van der Waals surface area contributed by atoms with Crippen molar-refractivity contribution in [3.05, 3.63) is 30.1 Å². The minimum Gasteiger partial charge on any atom is -0.326 e. The van der Waals surface area contributed by atoms with Crippen molar-refractivity contribution >= 4 is 12.2 Å². The van der Waals surface area contributed by atoms with Gasteiger partial charge < -0.3 is 19.9 Å². The normalized spacial score (nSPS) is 23.0. The number of amides is 1. The molecule has 0 saturated carbocycles. The van der Waals surface area contributed by atoms with Crippen molar-refractivity contribution in [3.63, 3.8) is 0 Å². The number of nitrogens with zero attached hydrogens (tertiary/aromatic N) is 3. The Balaban J connectivity index is 1.68. The number of nitrogens with one attached hydrogen (secondary N) is 1. The van der Waals surface area contributed by atoms with Gasteiger partial charge >= 0.3 is 0 Å². The number of hydrogen-bond donors (Lipinski definition) is 1. The number of carbonyl (C=O) groups is 2. The van der Waals surface area contributed by atoms with Crippen LogP contribution in [0.4, 0.5) is 0 Å². The third kappa shape index (κ3) is 6.38. The minimum atomic E-state index is -0.737. The number of piperazine rings is 1. The number of pyridine rings is 1. The molecule has 6 nitrogen and oxygen atoms in total. The summed E-state index contributed by atoms with van der Waals surface area (Å²) in [5, 5.41) is 3.39. The molecule has 0 aromatic carbocycles. The summed E-state index contributed by atoms with van der Waals surface area (Å²) in [6, 6.07) is 3.98. The highest BCUT2D eigenvalue weighted by Crippen LogP contribution is 2.30. The zero-order valence-corrected chi connectivity index (χ0v) is 20.4. The van der Waals surface area contributed by atoms with Crippen LogP contribution in [0.1, 0.15) is 58.9 Å². The fourth-order valence-corrected chi connectivity index (χ4v) is 5.54. The van der Waals surface area contributed by atoms with Gasteiger partial charge in [-0.05, 0) is 74.6 Å². The van der Waals surface area contributed by atoms with Crippen molar-refractivity contribution in [2.24, 2.45) is 17.8 Å². The molecule has 0 unspecified atom stereocenters. The van der Waals surface area contributed by atoms with Crippen LogP contribution >= 0.6 is 0 Å². The summed E-state index contributed by atoms with van der Waals surface area (Å²) >= 11 is 0. The molecule has 2 fully saturated rings. The Kier molecular flexibility index (Phi) is 8.83. The SMILES string of the molecule is CC(C)C[C@@H]1NCCN([C@](C=O)(CC(C)C)CN2CCC(Cc3cccnc3)CC2)C1=O. The zero-order chi connectivity index (χ0) is 23.1. The molecule has 1 aromatic heterocycles. The van der Waals surface area contributed by atoms with Gasteiger partial charge in [0.05, 0.1) is 6.04 Å². The quantitative estimate of drug-likeness (QED) is 0.564. The van der Waals surface area contributed by atoms with E-state index in [9.17, 15) is 9.59 Å². The van der Waals surface area contributed by atoms with Crippen LogP contribution in [0.15, 0.2) is 24.5 Å². The molecule has 0 aliphatic carbocycles. The highest BCUT2D eigenvalue weighted by atomic mass is 16.2. The second-order valence-electron chi connectivity index (χ2n) is 10.7. The van der Waals surface area contributed by atoms with Crippen LogP contribution < -0.4 is 5.32 Å². The predicted molar refractivity (Wildman–Crippen MR) is 128 cm³/mol. The van der Waals surface area contributed by atoms with E-state index in [0.717, 1.165) is 51.6 Å². The average Bonchev–Trinajstić information content (AvgIpc) is 2.76. The Morgan fingerprint density at radius 2 is 1.94 bits per heavy atom. The summed E-state index contributed by atoms with van der Waals surface area (Å²) in [5.41, 5.74) is 0.564. The number of aldehydes is 1. The molecule has 0 spiro atoms. The lowest BCUT2D eigenvalue weighted by Gasteiger charge is -2.48. The molecule has 0 bridgehead atoms. The summed E-state index contributed by atoms with van der Waals surface area (Å²) in [4.78, 5) is 34.7. The minimum absolute atomic E-state index is 0.101. The van der Waals surface area contributed by atoms with Crippen LogP contribution in [-0.2, 0) is 16.0 Å². The maximum Gasteiger partial charge on any atom is 0.240 e. The zero-order valence-electron chi connectivity index (χ0n) is 20.4. The molecule has 3 rings (SSSR count). The maximum atomic E-state index is 13.4. The molecule has 3 heterocycles. The van der Waals surface area contributed by atoms with Crippen molar-refractivity contribution in [3.8, 4) is 0 Å². The van der Waals surface area contributed by atoms with Crippen molar-refractivity contribution < 1.29 is 9.59 Å². The van der Waals surface area contributed by atoms with Crippen molar-refractivity contribution in [2.45, 2.75) is 71.4 Å². The van der Waals surface area contributed by atoms with E-state index in [1.54, 1.807) is 0 Å². The molecule has 1 amide bonds. The average molecular weight is 443 g/mol. The van der Waals surface area contributed by atoms with Crippen LogP contribution in [-0.4, -0.2) is 71.3 Å². The van der Waals surface area contributed by atoms with E-state index in [2.05, 4.69) is 49.0 Å². The molecular formula is C26H42N4O2. The van der Waals surface area contributed by atoms with Crippen LogP contribution in [0.5, 0.6) is 0 Å². The van der Waals surface area contributed by atoms with E-state index in [4.69, 9.17) is 0 Å². The van der Waals surface area contributed by atoms with Crippen LogP contribution in [0.25, 0.3) is 0 Å². The monoisotopic (exact) mass is 442 g/mol. The summed E-state index contributed by atoms with van der Waals surface area (Å²) in [5.74, 6) is 1.53. The van der Waals surface area contributed by atoms with E-state index in [1.807, 2.05) is 23.4 Å². The molecule has 2 atom stereocenters.